The Morgan fingerprint density at radius 2 is 1.48 bits per heavy atom. The number of carbonyl (C=O) groups excluding carboxylic acids is 1. The predicted octanol–water partition coefficient (Wildman–Crippen LogP) is 4.30. The summed E-state index contributed by atoms with van der Waals surface area (Å²) in [6.45, 7) is 1.01. The molecular weight excluding hydrogens is 360 g/mol. The number of hydrogen-bond acceptors (Lipinski definition) is 3. The molecule has 29 heavy (non-hydrogen) atoms. The quantitative estimate of drug-likeness (QED) is 0.483. The van der Waals surface area contributed by atoms with E-state index in [4.69, 9.17) is 10.5 Å². The zero-order chi connectivity index (χ0) is 20.1. The Hall–Kier alpha value is -3.37. The minimum Gasteiger partial charge on any atom is -0.460 e. The van der Waals surface area contributed by atoms with Crippen LogP contribution in [-0.2, 0) is 29.1 Å². The van der Waals surface area contributed by atoms with Gasteiger partial charge in [-0.1, -0.05) is 78.9 Å². The highest BCUT2D eigenvalue weighted by molar-refractivity contribution is 5.85. The van der Waals surface area contributed by atoms with Gasteiger partial charge < -0.3 is 15.0 Å². The molecule has 4 aromatic rings. The van der Waals surface area contributed by atoms with Crippen molar-refractivity contribution in [3.63, 3.8) is 0 Å². The van der Waals surface area contributed by atoms with Gasteiger partial charge in [0.2, 0.25) is 0 Å². The first-order valence-corrected chi connectivity index (χ1v) is 9.77. The molecular formula is C25H24N2O2. The largest absolute Gasteiger partial charge is 0.460 e. The normalized spacial score (nSPS) is 12.0. The molecule has 0 amide bonds. The molecule has 0 radical (unpaired) electrons. The summed E-state index contributed by atoms with van der Waals surface area (Å²) in [7, 11) is 0. The fourth-order valence-electron chi connectivity index (χ4n) is 3.55. The molecule has 1 aromatic heterocycles. The average Bonchev–Trinajstić information content (AvgIpc) is 3.10. The standard InChI is InChI=1S/C25H24N2O2/c26-23(25(28)29-18-20-11-5-2-6-12-20)15-21-17-27(16-19-9-3-1-4-10-19)24-14-8-7-13-22(21)24/h1-14,17,23H,15-16,18,26H2/t23-/m0/s1. The van der Waals surface area contributed by atoms with Gasteiger partial charge in [0.05, 0.1) is 0 Å². The average molecular weight is 384 g/mol. The lowest BCUT2D eigenvalue weighted by Gasteiger charge is -2.11. The molecule has 1 atom stereocenters. The van der Waals surface area contributed by atoms with Crippen molar-refractivity contribution >= 4 is 16.9 Å². The second kappa shape index (κ2) is 8.76. The topological polar surface area (TPSA) is 57.2 Å². The molecule has 0 aliphatic carbocycles. The maximum atomic E-state index is 12.4. The Kier molecular flexibility index (Phi) is 5.73. The first kappa shape index (κ1) is 19.0. The van der Waals surface area contributed by atoms with E-state index in [1.165, 1.54) is 5.56 Å². The summed E-state index contributed by atoms with van der Waals surface area (Å²) >= 11 is 0. The highest BCUT2D eigenvalue weighted by atomic mass is 16.5. The van der Waals surface area contributed by atoms with Gasteiger partial charge in [-0.2, -0.15) is 0 Å². The Balaban J connectivity index is 1.49. The van der Waals surface area contributed by atoms with Crippen LogP contribution in [0.25, 0.3) is 10.9 Å². The smallest absolute Gasteiger partial charge is 0.323 e. The summed E-state index contributed by atoms with van der Waals surface area (Å²) in [6.07, 6.45) is 2.54. The third-order valence-corrected chi connectivity index (χ3v) is 5.03. The summed E-state index contributed by atoms with van der Waals surface area (Å²) in [4.78, 5) is 12.4. The number of aromatic nitrogens is 1. The molecule has 3 aromatic carbocycles. The molecule has 1 heterocycles. The summed E-state index contributed by atoms with van der Waals surface area (Å²) in [6, 6.07) is 27.5. The third kappa shape index (κ3) is 4.55. The van der Waals surface area contributed by atoms with E-state index in [9.17, 15) is 4.79 Å². The van der Waals surface area contributed by atoms with Crippen molar-refractivity contribution < 1.29 is 9.53 Å². The molecule has 0 spiro atoms. The van der Waals surface area contributed by atoms with Crippen LogP contribution in [0.5, 0.6) is 0 Å². The lowest BCUT2D eigenvalue weighted by Crippen LogP contribution is -2.34. The number of carbonyl (C=O) groups is 1. The molecule has 0 unspecified atom stereocenters. The van der Waals surface area contributed by atoms with Crippen molar-refractivity contribution in [2.24, 2.45) is 5.73 Å². The number of hydrogen-bond donors (Lipinski definition) is 1. The molecule has 0 saturated carbocycles. The molecule has 2 N–H and O–H groups in total. The molecule has 0 aliphatic rings. The van der Waals surface area contributed by atoms with Crippen LogP contribution in [0, 0.1) is 0 Å². The monoisotopic (exact) mass is 384 g/mol. The van der Waals surface area contributed by atoms with Crippen LogP contribution in [0.3, 0.4) is 0 Å². The van der Waals surface area contributed by atoms with Crippen LogP contribution >= 0.6 is 0 Å². The van der Waals surface area contributed by atoms with Gasteiger partial charge in [-0.05, 0) is 22.8 Å². The number of ether oxygens (including phenoxy) is 1. The van der Waals surface area contributed by atoms with Crippen molar-refractivity contribution in [3.8, 4) is 0 Å². The first-order chi connectivity index (χ1) is 14.2. The van der Waals surface area contributed by atoms with Gasteiger partial charge >= 0.3 is 5.97 Å². The van der Waals surface area contributed by atoms with Gasteiger partial charge in [0.15, 0.2) is 0 Å². The molecule has 4 nitrogen and oxygen atoms in total. The van der Waals surface area contributed by atoms with Gasteiger partial charge in [-0.25, -0.2) is 0 Å². The van der Waals surface area contributed by atoms with E-state index in [2.05, 4.69) is 35.0 Å². The third-order valence-electron chi connectivity index (χ3n) is 5.03. The highest BCUT2D eigenvalue weighted by Crippen LogP contribution is 2.23. The summed E-state index contributed by atoms with van der Waals surface area (Å²) in [5.74, 6) is -0.381. The van der Waals surface area contributed by atoms with Gasteiger partial charge in [0.1, 0.15) is 12.6 Å². The fourth-order valence-corrected chi connectivity index (χ4v) is 3.55. The Morgan fingerprint density at radius 3 is 2.21 bits per heavy atom. The van der Waals surface area contributed by atoms with E-state index in [1.54, 1.807) is 0 Å². The Bertz CT molecular complexity index is 1090. The number of nitrogens with two attached hydrogens (primary N) is 1. The molecule has 0 fully saturated rings. The SMILES string of the molecule is N[C@@H](Cc1cn(Cc2ccccc2)c2ccccc12)C(=O)OCc1ccccc1. The van der Waals surface area contributed by atoms with Crippen LogP contribution in [0.15, 0.2) is 91.1 Å². The summed E-state index contributed by atoms with van der Waals surface area (Å²) < 4.78 is 7.62. The molecule has 146 valence electrons. The molecule has 0 aliphatic heterocycles. The van der Waals surface area contributed by atoms with E-state index in [0.29, 0.717) is 6.42 Å². The molecule has 0 saturated heterocycles. The second-order valence-electron chi connectivity index (χ2n) is 7.19. The number of fused-ring (bicyclic) bond motifs is 1. The van der Waals surface area contributed by atoms with Crippen LogP contribution < -0.4 is 5.73 Å². The van der Waals surface area contributed by atoms with Gasteiger partial charge in [-0.15, -0.1) is 0 Å². The van der Waals surface area contributed by atoms with E-state index in [1.807, 2.05) is 60.7 Å². The number of esters is 1. The van der Waals surface area contributed by atoms with Crippen molar-refractivity contribution in [3.05, 3.63) is 108 Å². The molecule has 4 rings (SSSR count). The minimum absolute atomic E-state index is 0.239. The lowest BCUT2D eigenvalue weighted by molar-refractivity contribution is -0.146. The zero-order valence-corrected chi connectivity index (χ0v) is 16.2. The summed E-state index contributed by atoms with van der Waals surface area (Å²) in [5.41, 5.74) is 10.6. The van der Waals surface area contributed by atoms with Crippen molar-refractivity contribution in [1.29, 1.82) is 0 Å². The Morgan fingerprint density at radius 1 is 0.862 bits per heavy atom. The highest BCUT2D eigenvalue weighted by Gasteiger charge is 2.19. The van der Waals surface area contributed by atoms with Crippen LogP contribution in [0.1, 0.15) is 16.7 Å². The molecule has 4 heteroatoms. The summed E-state index contributed by atoms with van der Waals surface area (Å²) in [5, 5.41) is 1.12. The first-order valence-electron chi connectivity index (χ1n) is 9.77. The van der Waals surface area contributed by atoms with Gasteiger partial charge in [0, 0.05) is 30.1 Å². The van der Waals surface area contributed by atoms with Crippen LogP contribution in [0.4, 0.5) is 0 Å². The maximum Gasteiger partial charge on any atom is 0.323 e. The van der Waals surface area contributed by atoms with Crippen molar-refractivity contribution in [2.75, 3.05) is 0 Å². The van der Waals surface area contributed by atoms with Crippen molar-refractivity contribution in [1.82, 2.24) is 4.57 Å². The van der Waals surface area contributed by atoms with Crippen LogP contribution in [-0.4, -0.2) is 16.6 Å². The second-order valence-corrected chi connectivity index (χ2v) is 7.19. The fraction of sp³-hybridized carbons (Fsp3) is 0.160. The molecule has 0 bridgehead atoms. The predicted molar refractivity (Wildman–Crippen MR) is 115 cm³/mol. The lowest BCUT2D eigenvalue weighted by atomic mass is 10.1. The van der Waals surface area contributed by atoms with Crippen LogP contribution in [0.2, 0.25) is 0 Å². The van der Waals surface area contributed by atoms with E-state index < -0.39 is 6.04 Å². The number of nitrogens with zero attached hydrogens (tertiary/aromatic N) is 1. The maximum absolute atomic E-state index is 12.4. The Labute approximate surface area is 170 Å². The van der Waals surface area contributed by atoms with Gasteiger partial charge in [0.25, 0.3) is 0 Å². The zero-order valence-electron chi connectivity index (χ0n) is 16.2. The number of benzene rings is 3. The van der Waals surface area contributed by atoms with Crippen molar-refractivity contribution in [2.45, 2.75) is 25.6 Å². The van der Waals surface area contributed by atoms with E-state index >= 15 is 0 Å². The van der Waals surface area contributed by atoms with E-state index in [0.717, 1.165) is 28.6 Å². The number of rotatable bonds is 7. The van der Waals surface area contributed by atoms with Gasteiger partial charge in [-0.3, -0.25) is 4.79 Å². The minimum atomic E-state index is -0.699. The van der Waals surface area contributed by atoms with E-state index in [-0.39, 0.29) is 12.6 Å². The number of para-hydroxylation sites is 1.